The summed E-state index contributed by atoms with van der Waals surface area (Å²) >= 11 is 0. The van der Waals surface area contributed by atoms with Crippen LogP contribution in [0.3, 0.4) is 0 Å². The first-order valence-electron chi connectivity index (χ1n) is 6.45. The van der Waals surface area contributed by atoms with Gasteiger partial charge in [0.25, 0.3) is 0 Å². The molecular weight excluding hydrogens is 196 g/mol. The van der Waals surface area contributed by atoms with Gasteiger partial charge in [-0.2, -0.15) is 0 Å². The van der Waals surface area contributed by atoms with Gasteiger partial charge in [-0.3, -0.25) is 0 Å². The van der Waals surface area contributed by atoms with Crippen molar-refractivity contribution in [2.24, 2.45) is 0 Å². The van der Waals surface area contributed by atoms with Crippen LogP contribution in [-0.4, -0.2) is 19.6 Å². The van der Waals surface area contributed by atoms with Crippen LogP contribution in [0.15, 0.2) is 24.3 Å². The number of anilines is 1. The molecule has 0 spiro atoms. The largest absolute Gasteiger partial charge is 0.385 e. The first-order chi connectivity index (χ1) is 7.92. The van der Waals surface area contributed by atoms with Crippen LogP contribution >= 0.6 is 0 Å². The van der Waals surface area contributed by atoms with E-state index < -0.39 is 0 Å². The summed E-state index contributed by atoms with van der Waals surface area (Å²) in [6, 6.07) is 8.70. The molecule has 0 bridgehead atoms. The van der Waals surface area contributed by atoms with E-state index in [9.17, 15) is 0 Å². The summed E-state index contributed by atoms with van der Waals surface area (Å²) in [7, 11) is 0. The Hall–Kier alpha value is -1.02. The van der Waals surface area contributed by atoms with Crippen LogP contribution in [-0.2, 0) is 0 Å². The molecule has 0 aromatic heterocycles. The van der Waals surface area contributed by atoms with Gasteiger partial charge in [-0.15, -0.1) is 0 Å². The first kappa shape index (κ1) is 11.5. The van der Waals surface area contributed by atoms with E-state index in [0.29, 0.717) is 5.92 Å². The number of rotatable bonds is 5. The lowest BCUT2D eigenvalue weighted by Gasteiger charge is -2.26. The maximum absolute atomic E-state index is 3.57. The molecule has 0 saturated heterocycles. The summed E-state index contributed by atoms with van der Waals surface area (Å²) in [6.07, 6.45) is 3.80. The molecule has 0 aliphatic carbocycles. The van der Waals surface area contributed by atoms with Gasteiger partial charge >= 0.3 is 0 Å². The molecule has 2 rings (SSSR count). The monoisotopic (exact) mass is 218 g/mol. The topological polar surface area (TPSA) is 24.1 Å². The maximum Gasteiger partial charge on any atom is 0.0376 e. The zero-order valence-corrected chi connectivity index (χ0v) is 10.1. The maximum atomic E-state index is 3.57. The minimum Gasteiger partial charge on any atom is -0.385 e. The molecule has 0 radical (unpaired) electrons. The highest BCUT2D eigenvalue weighted by Gasteiger charge is 2.18. The summed E-state index contributed by atoms with van der Waals surface area (Å²) in [5.41, 5.74) is 2.81. The smallest absolute Gasteiger partial charge is 0.0376 e. The Kier molecular flexibility index (Phi) is 4.23. The number of hydrogen-bond donors (Lipinski definition) is 2. The van der Waals surface area contributed by atoms with Crippen molar-refractivity contribution in [3.8, 4) is 0 Å². The zero-order valence-electron chi connectivity index (χ0n) is 10.1. The number of nitrogens with one attached hydrogen (secondary N) is 2. The average molecular weight is 218 g/mol. The summed E-state index contributed by atoms with van der Waals surface area (Å²) < 4.78 is 0. The van der Waals surface area contributed by atoms with E-state index in [0.717, 1.165) is 19.6 Å². The minimum atomic E-state index is 0.689. The summed E-state index contributed by atoms with van der Waals surface area (Å²) in [4.78, 5) is 0. The fourth-order valence-electron chi connectivity index (χ4n) is 2.34. The lowest BCUT2D eigenvalue weighted by atomic mass is 9.91. The summed E-state index contributed by atoms with van der Waals surface area (Å²) in [5.74, 6) is 0.689. The molecule has 1 atom stereocenters. The molecule has 2 nitrogen and oxygen atoms in total. The molecule has 2 N–H and O–H groups in total. The molecule has 0 fully saturated rings. The van der Waals surface area contributed by atoms with Gasteiger partial charge < -0.3 is 10.6 Å². The quantitative estimate of drug-likeness (QED) is 0.742. The second kappa shape index (κ2) is 5.90. The molecule has 0 amide bonds. The fraction of sp³-hybridized carbons (Fsp3) is 0.571. The number of fused-ring (bicyclic) bond motifs is 1. The Morgan fingerprint density at radius 1 is 1.38 bits per heavy atom. The van der Waals surface area contributed by atoms with E-state index in [1.54, 1.807) is 0 Å². The molecule has 1 aliphatic heterocycles. The Labute approximate surface area is 98.4 Å². The van der Waals surface area contributed by atoms with E-state index in [1.807, 2.05) is 0 Å². The Balaban J connectivity index is 1.91. The van der Waals surface area contributed by atoms with Crippen LogP contribution in [0.4, 0.5) is 5.69 Å². The van der Waals surface area contributed by atoms with Crippen LogP contribution < -0.4 is 10.6 Å². The van der Waals surface area contributed by atoms with Crippen LogP contribution in [0.25, 0.3) is 0 Å². The third-order valence-electron chi connectivity index (χ3n) is 3.31. The van der Waals surface area contributed by atoms with Crippen molar-refractivity contribution in [1.82, 2.24) is 5.32 Å². The third kappa shape index (κ3) is 2.76. The highest BCUT2D eigenvalue weighted by molar-refractivity contribution is 5.54. The summed E-state index contributed by atoms with van der Waals surface area (Å²) in [6.45, 7) is 5.62. The van der Waals surface area contributed by atoms with Gasteiger partial charge in [-0.25, -0.2) is 0 Å². The minimum absolute atomic E-state index is 0.689. The van der Waals surface area contributed by atoms with E-state index in [2.05, 4.69) is 41.8 Å². The van der Waals surface area contributed by atoms with Gasteiger partial charge in [0.2, 0.25) is 0 Å². The molecule has 1 aromatic rings. The first-order valence-corrected chi connectivity index (χ1v) is 6.45. The number of unbranched alkanes of at least 4 members (excludes halogenated alkanes) is 1. The molecule has 88 valence electrons. The Morgan fingerprint density at radius 2 is 2.25 bits per heavy atom. The van der Waals surface area contributed by atoms with Crippen LogP contribution in [0.1, 0.15) is 37.7 Å². The molecular formula is C14H22N2. The number of hydrogen-bond acceptors (Lipinski definition) is 2. The predicted octanol–water partition coefficient (Wildman–Crippen LogP) is 2.98. The molecule has 1 aromatic carbocycles. The van der Waals surface area contributed by atoms with E-state index in [1.165, 1.54) is 30.5 Å². The van der Waals surface area contributed by atoms with Crippen molar-refractivity contribution in [3.05, 3.63) is 29.8 Å². The van der Waals surface area contributed by atoms with E-state index >= 15 is 0 Å². The molecule has 1 aliphatic rings. The van der Waals surface area contributed by atoms with Gasteiger partial charge in [0.05, 0.1) is 0 Å². The number of benzene rings is 1. The third-order valence-corrected chi connectivity index (χ3v) is 3.31. The fourth-order valence-corrected chi connectivity index (χ4v) is 2.34. The van der Waals surface area contributed by atoms with Gasteiger partial charge in [0.1, 0.15) is 0 Å². The lowest BCUT2D eigenvalue weighted by molar-refractivity contribution is 0.541. The van der Waals surface area contributed by atoms with Crippen molar-refractivity contribution in [1.29, 1.82) is 0 Å². The average Bonchev–Trinajstić information content (AvgIpc) is 2.35. The van der Waals surface area contributed by atoms with Crippen molar-refractivity contribution in [2.75, 3.05) is 25.0 Å². The van der Waals surface area contributed by atoms with Crippen LogP contribution in [0.5, 0.6) is 0 Å². The predicted molar refractivity (Wildman–Crippen MR) is 70.1 cm³/mol. The normalized spacial score (nSPS) is 18.9. The van der Waals surface area contributed by atoms with Gasteiger partial charge in [-0.05, 0) is 31.0 Å². The SMILES string of the molecule is CCCCNCC1CCNc2ccccc21. The lowest BCUT2D eigenvalue weighted by Crippen LogP contribution is -2.27. The van der Waals surface area contributed by atoms with Crippen LogP contribution in [0.2, 0.25) is 0 Å². The van der Waals surface area contributed by atoms with Crippen LogP contribution in [0, 0.1) is 0 Å². The van der Waals surface area contributed by atoms with E-state index in [4.69, 9.17) is 0 Å². The van der Waals surface area contributed by atoms with Gasteiger partial charge in [0.15, 0.2) is 0 Å². The molecule has 16 heavy (non-hydrogen) atoms. The highest BCUT2D eigenvalue weighted by atomic mass is 14.9. The number of para-hydroxylation sites is 1. The van der Waals surface area contributed by atoms with Gasteiger partial charge in [-0.1, -0.05) is 31.5 Å². The highest BCUT2D eigenvalue weighted by Crippen LogP contribution is 2.30. The molecule has 1 unspecified atom stereocenters. The van der Waals surface area contributed by atoms with Crippen molar-refractivity contribution < 1.29 is 0 Å². The molecule has 1 heterocycles. The zero-order chi connectivity index (χ0) is 11.2. The summed E-state index contributed by atoms with van der Waals surface area (Å²) in [5, 5.41) is 7.04. The second-order valence-electron chi connectivity index (χ2n) is 4.56. The van der Waals surface area contributed by atoms with Crippen molar-refractivity contribution in [2.45, 2.75) is 32.1 Å². The van der Waals surface area contributed by atoms with Crippen molar-refractivity contribution >= 4 is 5.69 Å². The van der Waals surface area contributed by atoms with Gasteiger partial charge in [0, 0.05) is 24.7 Å². The molecule has 2 heteroatoms. The Bertz CT molecular complexity index is 322. The van der Waals surface area contributed by atoms with Crippen molar-refractivity contribution in [3.63, 3.8) is 0 Å². The standard InChI is InChI=1S/C14H22N2/c1-2-3-9-15-11-12-8-10-16-14-7-5-4-6-13(12)14/h4-7,12,15-16H,2-3,8-11H2,1H3. The van der Waals surface area contributed by atoms with E-state index in [-0.39, 0.29) is 0 Å². The molecule has 0 saturated carbocycles. The Morgan fingerprint density at radius 3 is 3.12 bits per heavy atom. The second-order valence-corrected chi connectivity index (χ2v) is 4.56.